The average Bonchev–Trinajstić information content (AvgIpc) is 2.52. The highest BCUT2D eigenvalue weighted by Crippen LogP contribution is 2.13. The van der Waals surface area contributed by atoms with Gasteiger partial charge in [-0.2, -0.15) is 4.72 Å². The van der Waals surface area contributed by atoms with Gasteiger partial charge >= 0.3 is 5.97 Å². The first-order valence-corrected chi connectivity index (χ1v) is 8.53. The van der Waals surface area contributed by atoms with Gasteiger partial charge in [0.25, 0.3) is 5.91 Å². The molecule has 132 valence electrons. The first-order valence-electron chi connectivity index (χ1n) is 7.05. The summed E-state index contributed by atoms with van der Waals surface area (Å²) in [7, 11) is -4.25. The number of ether oxygens (including phenoxy) is 1. The van der Waals surface area contributed by atoms with E-state index in [-0.39, 0.29) is 6.54 Å². The molecular weight excluding hydrogens is 339 g/mol. The molecule has 0 unspecified atom stereocenters. The molecule has 1 aromatic rings. The normalized spacial score (nSPS) is 13.6. The molecule has 1 rings (SSSR count). The van der Waals surface area contributed by atoms with E-state index in [0.29, 0.717) is 0 Å². The summed E-state index contributed by atoms with van der Waals surface area (Å²) >= 11 is 0. The van der Waals surface area contributed by atoms with Gasteiger partial charge in [-0.25, -0.2) is 12.8 Å². The Morgan fingerprint density at radius 3 is 2.54 bits per heavy atom. The fourth-order valence-electron chi connectivity index (χ4n) is 1.65. The summed E-state index contributed by atoms with van der Waals surface area (Å²) in [5, 5.41) is 2.44. The lowest BCUT2D eigenvalue weighted by Gasteiger charge is -2.17. The largest absolute Gasteiger partial charge is 0.451 e. The van der Waals surface area contributed by atoms with Crippen molar-refractivity contribution in [2.75, 3.05) is 6.54 Å². The molecule has 0 saturated heterocycles. The Morgan fingerprint density at radius 2 is 1.96 bits per heavy atom. The van der Waals surface area contributed by atoms with Crippen molar-refractivity contribution in [1.29, 1.82) is 0 Å². The van der Waals surface area contributed by atoms with Crippen LogP contribution in [0.15, 0.2) is 41.8 Å². The number of carbonyl (C=O) groups excluding carboxylic acids is 2. The number of hydrogen-bond acceptors (Lipinski definition) is 5. The first-order chi connectivity index (χ1) is 11.2. The van der Waals surface area contributed by atoms with Crippen LogP contribution < -0.4 is 10.0 Å². The first kappa shape index (κ1) is 19.8. The fraction of sp³-hybridized carbons (Fsp3) is 0.333. The van der Waals surface area contributed by atoms with Crippen LogP contribution in [0.5, 0.6) is 0 Å². The molecule has 0 saturated carbocycles. The quantitative estimate of drug-likeness (QED) is 0.527. The van der Waals surface area contributed by atoms with Crippen LogP contribution >= 0.6 is 0 Å². The summed E-state index contributed by atoms with van der Waals surface area (Å²) in [6, 6.07) is 3.46. The van der Waals surface area contributed by atoms with Gasteiger partial charge in [0.1, 0.15) is 16.8 Å². The number of rotatable bonds is 8. The molecule has 7 nitrogen and oxygen atoms in total. The highest BCUT2D eigenvalue weighted by atomic mass is 32.2. The van der Waals surface area contributed by atoms with E-state index in [1.807, 2.05) is 4.72 Å². The Labute approximate surface area is 139 Å². The van der Waals surface area contributed by atoms with Crippen molar-refractivity contribution in [3.8, 4) is 0 Å². The SMILES string of the molecule is C=CCNC(=O)[C@H](C)OC(=O)[C@H](C)NS(=O)(=O)c1ccccc1F. The third-order valence-corrected chi connectivity index (χ3v) is 4.47. The number of nitrogens with one attached hydrogen (secondary N) is 2. The molecule has 0 fully saturated rings. The molecule has 2 N–H and O–H groups in total. The molecule has 0 radical (unpaired) electrons. The van der Waals surface area contributed by atoms with Gasteiger partial charge in [0.15, 0.2) is 6.10 Å². The van der Waals surface area contributed by atoms with Crippen LogP contribution in [0.4, 0.5) is 4.39 Å². The fourth-order valence-corrected chi connectivity index (χ4v) is 2.92. The van der Waals surface area contributed by atoms with Crippen LogP contribution in [-0.2, 0) is 24.3 Å². The molecule has 0 heterocycles. The summed E-state index contributed by atoms with van der Waals surface area (Å²) in [5.41, 5.74) is 0. The van der Waals surface area contributed by atoms with Crippen LogP contribution in [-0.4, -0.2) is 39.0 Å². The van der Waals surface area contributed by atoms with Gasteiger partial charge < -0.3 is 10.1 Å². The lowest BCUT2D eigenvalue weighted by atomic mass is 10.3. The predicted molar refractivity (Wildman–Crippen MR) is 84.9 cm³/mol. The van der Waals surface area contributed by atoms with Gasteiger partial charge in [-0.05, 0) is 26.0 Å². The lowest BCUT2D eigenvalue weighted by molar-refractivity contribution is -0.155. The van der Waals surface area contributed by atoms with Crippen LogP contribution in [0.25, 0.3) is 0 Å². The number of amides is 1. The van der Waals surface area contributed by atoms with Crippen molar-refractivity contribution in [1.82, 2.24) is 10.0 Å². The second-order valence-corrected chi connectivity index (χ2v) is 6.57. The maximum Gasteiger partial charge on any atom is 0.324 e. The molecule has 0 spiro atoms. The molecule has 24 heavy (non-hydrogen) atoms. The van der Waals surface area contributed by atoms with E-state index in [0.717, 1.165) is 12.1 Å². The molecule has 0 aliphatic rings. The number of sulfonamides is 1. The third kappa shape index (κ3) is 5.43. The Hall–Kier alpha value is -2.26. The molecule has 9 heteroatoms. The Bertz CT molecular complexity index is 720. The molecule has 0 aliphatic carbocycles. The standard InChI is InChI=1S/C15H19FN2O5S/c1-4-9-17-14(19)11(3)23-15(20)10(2)18-24(21,22)13-8-6-5-7-12(13)16/h4-8,10-11,18H,1,9H2,2-3H3,(H,17,19)/t10-,11-/m0/s1. The third-order valence-electron chi connectivity index (χ3n) is 2.89. The van der Waals surface area contributed by atoms with Gasteiger partial charge in [0, 0.05) is 6.54 Å². The molecule has 1 amide bonds. The van der Waals surface area contributed by atoms with Crippen molar-refractivity contribution in [2.45, 2.75) is 30.9 Å². The summed E-state index contributed by atoms with van der Waals surface area (Å²) < 4.78 is 44.6. The van der Waals surface area contributed by atoms with Crippen molar-refractivity contribution in [2.24, 2.45) is 0 Å². The molecule has 0 aliphatic heterocycles. The summed E-state index contributed by atoms with van der Waals surface area (Å²) in [6.45, 7) is 6.21. The van der Waals surface area contributed by atoms with Crippen molar-refractivity contribution < 1.29 is 27.1 Å². The molecule has 1 aromatic carbocycles. The monoisotopic (exact) mass is 358 g/mol. The van der Waals surface area contributed by atoms with Crippen molar-refractivity contribution in [3.63, 3.8) is 0 Å². The minimum Gasteiger partial charge on any atom is -0.451 e. The Kier molecular flexibility index (Phi) is 7.05. The number of hydrogen-bond donors (Lipinski definition) is 2. The molecule has 2 atom stereocenters. The van der Waals surface area contributed by atoms with Gasteiger partial charge in [-0.1, -0.05) is 18.2 Å². The molecule has 0 bridgehead atoms. The zero-order chi connectivity index (χ0) is 18.3. The Balaban J connectivity index is 2.71. The van der Waals surface area contributed by atoms with Gasteiger partial charge in [-0.15, -0.1) is 6.58 Å². The van der Waals surface area contributed by atoms with E-state index < -0.39 is 44.8 Å². The van der Waals surface area contributed by atoms with Gasteiger partial charge in [-0.3, -0.25) is 9.59 Å². The van der Waals surface area contributed by atoms with E-state index in [9.17, 15) is 22.4 Å². The summed E-state index contributed by atoms with van der Waals surface area (Å²) in [4.78, 5) is 22.9. The highest BCUT2D eigenvalue weighted by molar-refractivity contribution is 7.89. The van der Waals surface area contributed by atoms with Crippen LogP contribution in [0.3, 0.4) is 0 Å². The number of carbonyl (C=O) groups is 2. The highest BCUT2D eigenvalue weighted by Gasteiger charge is 2.27. The van der Waals surface area contributed by atoms with Crippen LogP contribution in [0.2, 0.25) is 0 Å². The van der Waals surface area contributed by atoms with E-state index in [2.05, 4.69) is 11.9 Å². The number of benzene rings is 1. The number of esters is 1. The lowest BCUT2D eigenvalue weighted by Crippen LogP contribution is -2.43. The van der Waals surface area contributed by atoms with Gasteiger partial charge in [0.2, 0.25) is 10.0 Å². The molecular formula is C15H19FN2O5S. The van der Waals surface area contributed by atoms with Crippen molar-refractivity contribution >= 4 is 21.9 Å². The number of halogens is 1. The van der Waals surface area contributed by atoms with Crippen molar-refractivity contribution in [3.05, 3.63) is 42.7 Å². The maximum absolute atomic E-state index is 13.6. The minimum atomic E-state index is -4.25. The van der Waals surface area contributed by atoms with E-state index in [1.165, 1.54) is 32.1 Å². The Morgan fingerprint density at radius 1 is 1.33 bits per heavy atom. The average molecular weight is 358 g/mol. The topological polar surface area (TPSA) is 102 Å². The molecule has 0 aromatic heterocycles. The zero-order valence-electron chi connectivity index (χ0n) is 13.3. The maximum atomic E-state index is 13.6. The second-order valence-electron chi connectivity index (χ2n) is 4.89. The van der Waals surface area contributed by atoms with E-state index in [4.69, 9.17) is 4.74 Å². The van der Waals surface area contributed by atoms with E-state index in [1.54, 1.807) is 0 Å². The van der Waals surface area contributed by atoms with Crippen LogP contribution in [0, 0.1) is 5.82 Å². The van der Waals surface area contributed by atoms with Crippen LogP contribution in [0.1, 0.15) is 13.8 Å². The second kappa shape index (κ2) is 8.55. The van der Waals surface area contributed by atoms with E-state index >= 15 is 0 Å². The van der Waals surface area contributed by atoms with Gasteiger partial charge in [0.05, 0.1) is 0 Å². The zero-order valence-corrected chi connectivity index (χ0v) is 14.1. The summed E-state index contributed by atoms with van der Waals surface area (Å²) in [6.07, 6.45) is 0.343. The smallest absolute Gasteiger partial charge is 0.324 e. The predicted octanol–water partition coefficient (Wildman–Crippen LogP) is 0.726. The minimum absolute atomic E-state index is 0.205. The summed E-state index contributed by atoms with van der Waals surface area (Å²) in [5.74, 6) is -2.45.